The Hall–Kier alpha value is -2.67. The Morgan fingerprint density at radius 3 is 2.64 bits per heavy atom. The normalized spacial score (nSPS) is 26.4. The molecule has 0 saturated heterocycles. The van der Waals surface area contributed by atoms with Crippen LogP contribution in [0.5, 0.6) is 5.95 Å². The van der Waals surface area contributed by atoms with Crippen molar-refractivity contribution < 1.29 is 33.8 Å². The van der Waals surface area contributed by atoms with E-state index < -0.39 is 28.9 Å². The zero-order chi connectivity index (χ0) is 20.7. The molecule has 0 spiro atoms. The summed E-state index contributed by atoms with van der Waals surface area (Å²) in [5, 5.41) is 21.4. The molecule has 0 saturated carbocycles. The van der Waals surface area contributed by atoms with Gasteiger partial charge >= 0.3 is 5.97 Å². The van der Waals surface area contributed by atoms with Gasteiger partial charge in [-0.3, -0.25) is 9.59 Å². The molecular weight excluding hydrogens is 364 g/mol. The molecule has 1 aliphatic heterocycles. The lowest BCUT2D eigenvalue weighted by Crippen LogP contribution is -2.56. The third-order valence-electron chi connectivity index (χ3n) is 5.60. The molecule has 0 radical (unpaired) electrons. The van der Waals surface area contributed by atoms with Crippen LogP contribution in [0.2, 0.25) is 0 Å². The number of hydrogen-bond donors (Lipinski definition) is 2. The van der Waals surface area contributed by atoms with Crippen molar-refractivity contribution in [3.63, 3.8) is 0 Å². The van der Waals surface area contributed by atoms with E-state index in [1.54, 1.807) is 13.0 Å². The number of rotatable bonds is 7. The van der Waals surface area contributed by atoms with Gasteiger partial charge in [-0.05, 0) is 20.3 Å². The van der Waals surface area contributed by atoms with E-state index in [0.29, 0.717) is 12.7 Å². The molecule has 3 rings (SSSR count). The maximum Gasteiger partial charge on any atom is 0.343 e. The number of Topliss-reactive ketones (excluding diaryl/α,β-unsaturated/α-hetero) is 1. The van der Waals surface area contributed by atoms with E-state index in [0.717, 1.165) is 12.8 Å². The number of ketones is 1. The summed E-state index contributed by atoms with van der Waals surface area (Å²) in [6.07, 6.45) is 5.91. The van der Waals surface area contributed by atoms with Crippen molar-refractivity contribution in [1.82, 2.24) is 0 Å². The molecule has 28 heavy (non-hydrogen) atoms. The Morgan fingerprint density at radius 2 is 2.04 bits per heavy atom. The zero-order valence-corrected chi connectivity index (χ0v) is 16.2. The molecule has 1 aromatic heterocycles. The summed E-state index contributed by atoms with van der Waals surface area (Å²) in [6, 6.07) is 0. The van der Waals surface area contributed by atoms with Gasteiger partial charge in [0.05, 0.1) is 5.57 Å². The van der Waals surface area contributed by atoms with Crippen molar-refractivity contribution >= 4 is 23.6 Å². The molecule has 2 unspecified atom stereocenters. The highest BCUT2D eigenvalue weighted by atomic mass is 16.6. The Morgan fingerprint density at radius 1 is 1.32 bits per heavy atom. The molecule has 0 fully saturated rings. The summed E-state index contributed by atoms with van der Waals surface area (Å²) in [5.74, 6) is -1.81. The first-order chi connectivity index (χ1) is 13.2. The first kappa shape index (κ1) is 20.1. The average Bonchev–Trinajstić information content (AvgIpc) is 3.08. The molecule has 2 N–H and O–H groups in total. The standard InChI is InChI=1S/C21H24O7/c1-4-6-7-8-14(23)15-16-17-12(13(11-22)18(24)27-17)10-21(26,9-5-2)20(16,3)28-19(15)25/h5,9,11,24,26H,4,6-8,10H2,1-3H3. The van der Waals surface area contributed by atoms with Crippen LogP contribution in [-0.2, 0) is 20.7 Å². The monoisotopic (exact) mass is 388 g/mol. The van der Waals surface area contributed by atoms with E-state index in [-0.39, 0.29) is 40.9 Å². The van der Waals surface area contributed by atoms with Crippen LogP contribution in [0.15, 0.2) is 22.1 Å². The topological polar surface area (TPSA) is 114 Å². The third-order valence-corrected chi connectivity index (χ3v) is 5.60. The number of hydrogen-bond acceptors (Lipinski definition) is 7. The van der Waals surface area contributed by atoms with E-state index in [2.05, 4.69) is 0 Å². The van der Waals surface area contributed by atoms with Crippen molar-refractivity contribution in [2.75, 3.05) is 0 Å². The SMILES string of the molecule is CC=CC1(O)Cc2c(oc(O)c2C=O)C2=C(C(=O)CCCCC)C(=O)OC21C. The molecule has 0 bridgehead atoms. The van der Waals surface area contributed by atoms with Crippen molar-refractivity contribution in [2.45, 2.75) is 64.1 Å². The predicted octanol–water partition coefficient (Wildman–Crippen LogP) is 2.88. The van der Waals surface area contributed by atoms with E-state index in [1.165, 1.54) is 13.0 Å². The predicted molar refractivity (Wildman–Crippen MR) is 99.8 cm³/mol. The highest BCUT2D eigenvalue weighted by Crippen LogP contribution is 2.55. The van der Waals surface area contributed by atoms with Gasteiger partial charge in [0.15, 0.2) is 17.7 Å². The number of allylic oxidation sites excluding steroid dienone is 1. The number of carbonyl (C=O) groups is 3. The van der Waals surface area contributed by atoms with Gasteiger partial charge in [0, 0.05) is 18.4 Å². The van der Waals surface area contributed by atoms with Crippen LogP contribution < -0.4 is 0 Å². The second-order valence-corrected chi connectivity index (χ2v) is 7.40. The van der Waals surface area contributed by atoms with Gasteiger partial charge < -0.3 is 19.4 Å². The summed E-state index contributed by atoms with van der Waals surface area (Å²) < 4.78 is 10.9. The first-order valence-electron chi connectivity index (χ1n) is 9.41. The molecule has 1 aliphatic carbocycles. The summed E-state index contributed by atoms with van der Waals surface area (Å²) in [5.41, 5.74) is -3.25. The summed E-state index contributed by atoms with van der Waals surface area (Å²) >= 11 is 0. The number of aldehydes is 1. The number of carbonyl (C=O) groups excluding carboxylic acids is 3. The largest absolute Gasteiger partial charge is 0.480 e. The van der Waals surface area contributed by atoms with Crippen LogP contribution in [0.1, 0.15) is 68.1 Å². The van der Waals surface area contributed by atoms with E-state index >= 15 is 0 Å². The molecule has 2 heterocycles. The van der Waals surface area contributed by atoms with Crippen molar-refractivity contribution in [2.24, 2.45) is 0 Å². The van der Waals surface area contributed by atoms with Crippen LogP contribution in [0.3, 0.4) is 0 Å². The van der Waals surface area contributed by atoms with Gasteiger partial charge in [0.25, 0.3) is 5.95 Å². The molecule has 7 nitrogen and oxygen atoms in total. The fraction of sp³-hybridized carbons (Fsp3) is 0.476. The quantitative estimate of drug-likeness (QED) is 0.243. The molecule has 2 atom stereocenters. The van der Waals surface area contributed by atoms with Gasteiger partial charge in [-0.1, -0.05) is 31.9 Å². The number of fused-ring (bicyclic) bond motifs is 3. The van der Waals surface area contributed by atoms with E-state index in [9.17, 15) is 24.6 Å². The first-order valence-corrected chi connectivity index (χ1v) is 9.41. The summed E-state index contributed by atoms with van der Waals surface area (Å²) in [4.78, 5) is 37.0. The van der Waals surface area contributed by atoms with E-state index in [1.807, 2.05) is 6.92 Å². The molecule has 7 heteroatoms. The molecule has 1 aromatic rings. The van der Waals surface area contributed by atoms with Crippen LogP contribution in [0.4, 0.5) is 0 Å². The lowest BCUT2D eigenvalue weighted by molar-refractivity contribution is -0.161. The highest BCUT2D eigenvalue weighted by Gasteiger charge is 2.62. The second kappa shape index (κ2) is 7.05. The molecule has 0 aromatic carbocycles. The smallest absolute Gasteiger partial charge is 0.343 e. The van der Waals surface area contributed by atoms with Crippen molar-refractivity contribution in [3.05, 3.63) is 34.6 Å². The fourth-order valence-electron chi connectivity index (χ4n) is 4.07. The minimum Gasteiger partial charge on any atom is -0.480 e. The highest BCUT2D eigenvalue weighted by molar-refractivity contribution is 6.26. The summed E-state index contributed by atoms with van der Waals surface area (Å²) in [6.45, 7) is 5.21. The van der Waals surface area contributed by atoms with Gasteiger partial charge in [-0.25, -0.2) is 4.79 Å². The maximum atomic E-state index is 12.8. The Balaban J connectivity index is 2.26. The number of aliphatic hydroxyl groups is 1. The number of unbranched alkanes of at least 4 members (excludes halogenated alkanes) is 2. The van der Waals surface area contributed by atoms with Crippen LogP contribution in [0.25, 0.3) is 5.57 Å². The maximum absolute atomic E-state index is 12.8. The van der Waals surface area contributed by atoms with Gasteiger partial charge in [-0.2, -0.15) is 0 Å². The second-order valence-electron chi connectivity index (χ2n) is 7.40. The Kier molecular flexibility index (Phi) is 5.06. The molecule has 2 aliphatic rings. The minimum absolute atomic E-state index is 0.0426. The minimum atomic E-state index is -1.71. The fourth-order valence-corrected chi connectivity index (χ4v) is 4.07. The van der Waals surface area contributed by atoms with Crippen molar-refractivity contribution in [3.8, 4) is 5.95 Å². The van der Waals surface area contributed by atoms with Crippen molar-refractivity contribution in [1.29, 1.82) is 0 Å². The average molecular weight is 388 g/mol. The number of furan rings is 1. The zero-order valence-electron chi connectivity index (χ0n) is 16.2. The van der Waals surface area contributed by atoms with Gasteiger partial charge in [0.2, 0.25) is 0 Å². The number of ether oxygens (including phenoxy) is 1. The summed E-state index contributed by atoms with van der Waals surface area (Å²) in [7, 11) is 0. The van der Waals surface area contributed by atoms with Gasteiger partial charge in [-0.15, -0.1) is 0 Å². The lowest BCUT2D eigenvalue weighted by atomic mass is 9.68. The number of esters is 1. The Labute approximate surface area is 162 Å². The van der Waals surface area contributed by atoms with Crippen LogP contribution >= 0.6 is 0 Å². The number of aromatic hydroxyl groups is 1. The third kappa shape index (κ3) is 2.73. The molecule has 150 valence electrons. The van der Waals surface area contributed by atoms with Crippen LogP contribution in [-0.4, -0.2) is 39.5 Å². The lowest BCUT2D eigenvalue weighted by Gasteiger charge is -2.43. The van der Waals surface area contributed by atoms with E-state index in [4.69, 9.17) is 9.15 Å². The van der Waals surface area contributed by atoms with Crippen LogP contribution in [0, 0.1) is 0 Å². The van der Waals surface area contributed by atoms with Gasteiger partial charge in [0.1, 0.15) is 22.5 Å². The molecule has 0 amide bonds. The Bertz CT molecular complexity index is 904. The molecular formula is C21H24O7.